The van der Waals surface area contributed by atoms with E-state index in [4.69, 9.17) is 22.1 Å². The van der Waals surface area contributed by atoms with Crippen molar-refractivity contribution in [3.63, 3.8) is 0 Å². The zero-order chi connectivity index (χ0) is 11.4. The molecule has 0 aliphatic rings. The van der Waals surface area contributed by atoms with Crippen molar-refractivity contribution in [1.82, 2.24) is 9.78 Å². The van der Waals surface area contributed by atoms with Crippen molar-refractivity contribution >= 4 is 23.4 Å². The highest BCUT2D eigenvalue weighted by Crippen LogP contribution is 2.17. The van der Waals surface area contributed by atoms with Crippen molar-refractivity contribution in [2.24, 2.45) is 7.05 Å². The third-order valence-corrected chi connectivity index (χ3v) is 2.05. The highest BCUT2D eigenvalue weighted by Gasteiger charge is 2.09. The number of aromatic nitrogens is 2. The summed E-state index contributed by atoms with van der Waals surface area (Å²) in [6, 6.07) is 0. The first-order valence-electron chi connectivity index (χ1n) is 4.38. The van der Waals surface area contributed by atoms with Crippen molar-refractivity contribution in [3.8, 4) is 0 Å². The van der Waals surface area contributed by atoms with Crippen LogP contribution in [0, 0.1) is 0 Å². The van der Waals surface area contributed by atoms with Crippen LogP contribution in [0.2, 0.25) is 5.15 Å². The molecule has 0 fully saturated rings. The number of nitrogens with two attached hydrogens (primary N) is 1. The van der Waals surface area contributed by atoms with Crippen molar-refractivity contribution in [2.75, 3.05) is 12.3 Å². The van der Waals surface area contributed by atoms with Crippen LogP contribution in [-0.2, 0) is 11.8 Å². The summed E-state index contributed by atoms with van der Waals surface area (Å²) in [6.45, 7) is 2.38. The summed E-state index contributed by atoms with van der Waals surface area (Å²) in [6.07, 6.45) is 2.95. The molecule has 0 unspecified atom stereocenters. The van der Waals surface area contributed by atoms with Crippen molar-refractivity contribution in [3.05, 3.63) is 27.3 Å². The average molecular weight is 230 g/mol. The second-order valence-corrected chi connectivity index (χ2v) is 3.16. The van der Waals surface area contributed by atoms with Gasteiger partial charge in [-0.05, 0) is 13.0 Å². The first-order chi connectivity index (χ1) is 7.07. The van der Waals surface area contributed by atoms with Crippen LogP contribution in [-0.4, -0.2) is 16.4 Å². The van der Waals surface area contributed by atoms with Gasteiger partial charge in [-0.1, -0.05) is 11.6 Å². The van der Waals surface area contributed by atoms with Gasteiger partial charge >= 0.3 is 0 Å². The molecule has 0 saturated heterocycles. The number of anilines is 1. The van der Waals surface area contributed by atoms with Crippen LogP contribution in [0.15, 0.2) is 11.1 Å². The van der Waals surface area contributed by atoms with Gasteiger partial charge in [0.1, 0.15) is 5.69 Å². The fourth-order valence-electron chi connectivity index (χ4n) is 1.00. The van der Waals surface area contributed by atoms with E-state index in [2.05, 4.69) is 5.10 Å². The maximum Gasteiger partial charge on any atom is 0.290 e. The van der Waals surface area contributed by atoms with E-state index in [9.17, 15) is 4.79 Å². The third-order valence-electron chi connectivity index (χ3n) is 1.77. The number of nitrogens with zero attached hydrogens (tertiary/aromatic N) is 2. The summed E-state index contributed by atoms with van der Waals surface area (Å²) in [4.78, 5) is 11.4. The van der Waals surface area contributed by atoms with E-state index in [1.165, 1.54) is 19.4 Å². The predicted molar refractivity (Wildman–Crippen MR) is 59.6 cm³/mol. The maximum atomic E-state index is 11.4. The van der Waals surface area contributed by atoms with E-state index in [0.717, 1.165) is 4.68 Å². The maximum absolute atomic E-state index is 11.4. The number of rotatable bonds is 3. The van der Waals surface area contributed by atoms with Crippen LogP contribution >= 0.6 is 11.6 Å². The molecule has 1 aromatic heterocycles. The molecule has 0 aliphatic carbocycles. The SMILES string of the molecule is CCO/C=C/c1c(Cl)nn(C)c(=O)c1N. The van der Waals surface area contributed by atoms with E-state index < -0.39 is 0 Å². The number of ether oxygens (including phenoxy) is 1. The van der Waals surface area contributed by atoms with Gasteiger partial charge in [0.2, 0.25) is 0 Å². The predicted octanol–water partition coefficient (Wildman–Crippen LogP) is 1.02. The number of halogens is 1. The van der Waals surface area contributed by atoms with Gasteiger partial charge in [0.25, 0.3) is 5.56 Å². The van der Waals surface area contributed by atoms with Crippen LogP contribution in [0.3, 0.4) is 0 Å². The normalized spacial score (nSPS) is 10.9. The van der Waals surface area contributed by atoms with Gasteiger partial charge in [0.05, 0.1) is 12.9 Å². The molecule has 0 radical (unpaired) electrons. The van der Waals surface area contributed by atoms with Gasteiger partial charge in [-0.25, -0.2) is 4.68 Å². The molecule has 0 saturated carbocycles. The van der Waals surface area contributed by atoms with E-state index in [0.29, 0.717) is 12.2 Å². The molecule has 2 N–H and O–H groups in total. The summed E-state index contributed by atoms with van der Waals surface area (Å²) >= 11 is 5.83. The van der Waals surface area contributed by atoms with Gasteiger partial charge < -0.3 is 10.5 Å². The molecule has 1 heterocycles. The second kappa shape index (κ2) is 4.84. The molecule has 1 rings (SSSR count). The molecule has 0 bridgehead atoms. The number of hydrogen-bond acceptors (Lipinski definition) is 4. The highest BCUT2D eigenvalue weighted by atomic mass is 35.5. The van der Waals surface area contributed by atoms with Crippen molar-refractivity contribution in [2.45, 2.75) is 6.92 Å². The zero-order valence-corrected chi connectivity index (χ0v) is 9.28. The molecule has 0 spiro atoms. The van der Waals surface area contributed by atoms with Gasteiger partial charge in [-0.3, -0.25) is 4.79 Å². The Kier molecular flexibility index (Phi) is 3.74. The van der Waals surface area contributed by atoms with Crippen LogP contribution in [0.5, 0.6) is 0 Å². The van der Waals surface area contributed by atoms with Gasteiger partial charge in [0, 0.05) is 12.6 Å². The minimum Gasteiger partial charge on any atom is -0.501 e. The van der Waals surface area contributed by atoms with Crippen LogP contribution in [0.25, 0.3) is 6.08 Å². The summed E-state index contributed by atoms with van der Waals surface area (Å²) in [5, 5.41) is 3.97. The largest absolute Gasteiger partial charge is 0.501 e. The molecule has 5 nitrogen and oxygen atoms in total. The Labute approximate surface area is 92.1 Å². The lowest BCUT2D eigenvalue weighted by atomic mass is 10.2. The molecule has 0 atom stereocenters. The number of aryl methyl sites for hydroxylation is 1. The van der Waals surface area contributed by atoms with E-state index in [1.807, 2.05) is 6.92 Å². The fourth-order valence-corrected chi connectivity index (χ4v) is 1.28. The zero-order valence-electron chi connectivity index (χ0n) is 8.53. The topological polar surface area (TPSA) is 70.1 Å². The Hall–Kier alpha value is -1.49. The second-order valence-electron chi connectivity index (χ2n) is 2.81. The first-order valence-corrected chi connectivity index (χ1v) is 4.76. The minimum atomic E-state index is -0.379. The highest BCUT2D eigenvalue weighted by molar-refractivity contribution is 6.31. The van der Waals surface area contributed by atoms with Crippen LogP contribution in [0.4, 0.5) is 5.69 Å². The summed E-state index contributed by atoms with van der Waals surface area (Å²) < 4.78 is 6.08. The molecule has 15 heavy (non-hydrogen) atoms. The lowest BCUT2D eigenvalue weighted by molar-refractivity contribution is 0.272. The average Bonchev–Trinajstić information content (AvgIpc) is 2.20. The lowest BCUT2D eigenvalue weighted by Crippen LogP contribution is -2.24. The molecular weight excluding hydrogens is 218 g/mol. The molecule has 1 aromatic rings. The molecule has 0 amide bonds. The third kappa shape index (κ3) is 2.50. The summed E-state index contributed by atoms with van der Waals surface area (Å²) in [5.74, 6) is 0. The number of hydrogen-bond donors (Lipinski definition) is 1. The Morgan fingerprint density at radius 2 is 2.33 bits per heavy atom. The molecule has 82 valence electrons. The molecule has 0 aliphatic heterocycles. The molecule has 6 heteroatoms. The molecule has 0 aromatic carbocycles. The van der Waals surface area contributed by atoms with Gasteiger partial charge in [0.15, 0.2) is 5.15 Å². The summed E-state index contributed by atoms with van der Waals surface area (Å²) in [5.41, 5.74) is 5.67. The van der Waals surface area contributed by atoms with E-state index >= 15 is 0 Å². The van der Waals surface area contributed by atoms with Crippen LogP contribution < -0.4 is 11.3 Å². The smallest absolute Gasteiger partial charge is 0.290 e. The van der Waals surface area contributed by atoms with Gasteiger partial charge in [-0.15, -0.1) is 0 Å². The molecular formula is C9H12ClN3O2. The van der Waals surface area contributed by atoms with Crippen molar-refractivity contribution < 1.29 is 4.74 Å². The Morgan fingerprint density at radius 1 is 1.67 bits per heavy atom. The lowest BCUT2D eigenvalue weighted by Gasteiger charge is -2.04. The standard InChI is InChI=1S/C9H12ClN3O2/c1-3-15-5-4-6-7(11)9(14)13(2)12-8(6)10/h4-5H,3,11H2,1-2H3/b5-4+. The van der Waals surface area contributed by atoms with Crippen molar-refractivity contribution in [1.29, 1.82) is 0 Å². The van der Waals surface area contributed by atoms with E-state index in [1.54, 1.807) is 0 Å². The Balaban J connectivity index is 3.18. The number of nitrogen functional groups attached to an aromatic ring is 1. The summed E-state index contributed by atoms with van der Waals surface area (Å²) in [7, 11) is 1.49. The minimum absolute atomic E-state index is 0.0634. The fraction of sp³-hybridized carbons (Fsp3) is 0.333. The van der Waals surface area contributed by atoms with Crippen LogP contribution in [0.1, 0.15) is 12.5 Å². The van der Waals surface area contributed by atoms with Gasteiger partial charge in [-0.2, -0.15) is 5.10 Å². The quantitative estimate of drug-likeness (QED) is 0.786. The Bertz CT molecular complexity index is 440. The monoisotopic (exact) mass is 229 g/mol. The Morgan fingerprint density at radius 3 is 2.93 bits per heavy atom. The first kappa shape index (κ1) is 11.6. The van der Waals surface area contributed by atoms with E-state index in [-0.39, 0.29) is 16.4 Å².